The summed E-state index contributed by atoms with van der Waals surface area (Å²) in [7, 11) is 1.62. The van der Waals surface area contributed by atoms with Gasteiger partial charge in [-0.3, -0.25) is 4.79 Å². The third kappa shape index (κ3) is 4.24. The molecule has 0 radical (unpaired) electrons. The third-order valence-electron chi connectivity index (χ3n) is 5.74. The van der Waals surface area contributed by atoms with Crippen molar-refractivity contribution in [2.75, 3.05) is 19.7 Å². The van der Waals surface area contributed by atoms with E-state index in [4.69, 9.17) is 14.2 Å². The number of thioether (sulfide) groups is 1. The van der Waals surface area contributed by atoms with Crippen LogP contribution in [0.2, 0.25) is 0 Å². The molecule has 2 aromatic carbocycles. The first-order valence-corrected chi connectivity index (χ1v) is 11.7. The van der Waals surface area contributed by atoms with Crippen LogP contribution in [0, 0.1) is 13.8 Å². The fourth-order valence-electron chi connectivity index (χ4n) is 3.91. The van der Waals surface area contributed by atoms with Crippen molar-refractivity contribution >= 4 is 17.5 Å². The smallest absolute Gasteiger partial charge is 0.231 e. The normalized spacial score (nSPS) is 12.2. The van der Waals surface area contributed by atoms with Crippen molar-refractivity contribution < 1.29 is 19.0 Å². The lowest BCUT2D eigenvalue weighted by molar-refractivity contribution is 0.102. The van der Waals surface area contributed by atoms with Gasteiger partial charge in [0.2, 0.25) is 11.9 Å². The number of Topliss-reactive ketones (excluding diaryl/α,β-unsaturated/α-hetero) is 1. The van der Waals surface area contributed by atoms with Crippen LogP contribution in [0.3, 0.4) is 0 Å². The van der Waals surface area contributed by atoms with Gasteiger partial charge in [0, 0.05) is 23.5 Å². The Kier molecular flexibility index (Phi) is 5.97. The number of nitrogens with zero attached hydrogens (tertiary/aromatic N) is 5. The van der Waals surface area contributed by atoms with E-state index in [1.165, 1.54) is 11.8 Å². The lowest BCUT2D eigenvalue weighted by atomic mass is 10.1. The highest BCUT2D eigenvalue weighted by Crippen LogP contribution is 2.33. The zero-order chi connectivity index (χ0) is 23.7. The summed E-state index contributed by atoms with van der Waals surface area (Å²) in [5, 5.41) is 12.5. The van der Waals surface area contributed by atoms with Gasteiger partial charge in [-0.05, 0) is 72.3 Å². The topological polar surface area (TPSA) is 93.3 Å². The maximum Gasteiger partial charge on any atom is 0.231 e. The standard InChI is InChI=1S/C24H23N5O4S/c1-15-10-20(16(2)28(15)12-17-4-9-22-23(11-17)33-14-32-22)21(30)13-34-24-25-26-27-29(24)18-5-7-19(31-3)8-6-18/h4-11H,12-14H2,1-3H3. The fourth-order valence-corrected chi connectivity index (χ4v) is 4.68. The van der Waals surface area contributed by atoms with Crippen molar-refractivity contribution in [2.24, 2.45) is 0 Å². The number of fused-ring (bicyclic) bond motifs is 1. The Morgan fingerprint density at radius 2 is 1.88 bits per heavy atom. The molecule has 1 aliphatic rings. The van der Waals surface area contributed by atoms with Crippen molar-refractivity contribution in [3.63, 3.8) is 0 Å². The number of rotatable bonds is 8. The van der Waals surface area contributed by atoms with Gasteiger partial charge < -0.3 is 18.8 Å². The quantitative estimate of drug-likeness (QED) is 0.279. The molecule has 0 spiro atoms. The van der Waals surface area contributed by atoms with Gasteiger partial charge in [0.05, 0.1) is 18.6 Å². The van der Waals surface area contributed by atoms with E-state index < -0.39 is 0 Å². The van der Waals surface area contributed by atoms with Crippen LogP contribution in [0.25, 0.3) is 5.69 Å². The largest absolute Gasteiger partial charge is 0.497 e. The lowest BCUT2D eigenvalue weighted by Crippen LogP contribution is -2.08. The first kappa shape index (κ1) is 22.0. The summed E-state index contributed by atoms with van der Waals surface area (Å²) >= 11 is 1.31. The fraction of sp³-hybridized carbons (Fsp3) is 0.250. The average Bonchev–Trinajstić information content (AvgIpc) is 3.58. The molecule has 0 unspecified atom stereocenters. The molecule has 0 aliphatic carbocycles. The molecule has 0 bridgehead atoms. The number of benzene rings is 2. The SMILES string of the molecule is COc1ccc(-n2nnnc2SCC(=O)c2cc(C)n(Cc3ccc4c(c3)OCO4)c2C)cc1. The highest BCUT2D eigenvalue weighted by Gasteiger charge is 2.19. The van der Waals surface area contributed by atoms with Gasteiger partial charge in [-0.25, -0.2) is 0 Å². The Morgan fingerprint density at radius 1 is 1.09 bits per heavy atom. The van der Waals surface area contributed by atoms with Crippen LogP contribution in [-0.4, -0.2) is 50.2 Å². The molecule has 3 heterocycles. The molecule has 0 atom stereocenters. The number of methoxy groups -OCH3 is 1. The minimum Gasteiger partial charge on any atom is -0.497 e. The zero-order valence-corrected chi connectivity index (χ0v) is 19.8. The molecule has 0 N–H and O–H groups in total. The van der Waals surface area contributed by atoms with E-state index in [0.717, 1.165) is 39.9 Å². The summed E-state index contributed by atoms with van der Waals surface area (Å²) in [6.07, 6.45) is 0. The maximum absolute atomic E-state index is 13.1. The van der Waals surface area contributed by atoms with Crippen molar-refractivity contribution in [2.45, 2.75) is 25.5 Å². The van der Waals surface area contributed by atoms with Gasteiger partial charge in [-0.15, -0.1) is 5.10 Å². The van der Waals surface area contributed by atoms with E-state index in [1.54, 1.807) is 11.8 Å². The van der Waals surface area contributed by atoms with Crippen molar-refractivity contribution in [1.29, 1.82) is 0 Å². The number of carbonyl (C=O) groups excluding carboxylic acids is 1. The number of hydrogen-bond donors (Lipinski definition) is 0. The lowest BCUT2D eigenvalue weighted by Gasteiger charge is -2.11. The van der Waals surface area contributed by atoms with Gasteiger partial charge in [0.25, 0.3) is 0 Å². The molecule has 0 fully saturated rings. The van der Waals surface area contributed by atoms with Gasteiger partial charge >= 0.3 is 0 Å². The van der Waals surface area contributed by atoms with E-state index in [0.29, 0.717) is 17.3 Å². The molecule has 4 aromatic rings. The van der Waals surface area contributed by atoms with Gasteiger partial charge in [-0.2, -0.15) is 4.68 Å². The number of tetrazole rings is 1. The Morgan fingerprint density at radius 3 is 2.68 bits per heavy atom. The van der Waals surface area contributed by atoms with Crippen LogP contribution in [0.15, 0.2) is 53.7 Å². The molecule has 0 amide bonds. The molecule has 10 heteroatoms. The Labute approximate surface area is 200 Å². The van der Waals surface area contributed by atoms with Gasteiger partial charge in [0.15, 0.2) is 17.3 Å². The average molecular weight is 478 g/mol. The number of aromatic nitrogens is 5. The number of carbonyl (C=O) groups is 1. The molecule has 5 rings (SSSR count). The minimum atomic E-state index is 0.0271. The second-order valence-corrected chi connectivity index (χ2v) is 8.78. The number of ether oxygens (including phenoxy) is 3. The number of aryl methyl sites for hydroxylation is 1. The van der Waals surface area contributed by atoms with E-state index in [2.05, 4.69) is 20.1 Å². The Bertz CT molecular complexity index is 1350. The molecule has 9 nitrogen and oxygen atoms in total. The van der Waals surface area contributed by atoms with Crippen LogP contribution in [0.4, 0.5) is 0 Å². The summed E-state index contributed by atoms with van der Waals surface area (Å²) in [6.45, 7) is 4.87. The summed E-state index contributed by atoms with van der Waals surface area (Å²) < 4.78 is 19.8. The van der Waals surface area contributed by atoms with Gasteiger partial charge in [0.1, 0.15) is 5.75 Å². The summed E-state index contributed by atoms with van der Waals surface area (Å²) in [6, 6.07) is 15.3. The van der Waals surface area contributed by atoms with E-state index >= 15 is 0 Å². The third-order valence-corrected chi connectivity index (χ3v) is 6.66. The second kappa shape index (κ2) is 9.22. The molecule has 0 saturated carbocycles. The summed E-state index contributed by atoms with van der Waals surface area (Å²) in [5.74, 6) is 2.51. The Hall–Kier alpha value is -3.79. The minimum absolute atomic E-state index is 0.0271. The molecular weight excluding hydrogens is 454 g/mol. The predicted molar refractivity (Wildman–Crippen MR) is 126 cm³/mol. The van der Waals surface area contributed by atoms with Crippen molar-refractivity contribution in [3.05, 3.63) is 71.0 Å². The molecule has 174 valence electrons. The van der Waals surface area contributed by atoms with Crippen LogP contribution in [-0.2, 0) is 6.54 Å². The second-order valence-electron chi connectivity index (χ2n) is 7.84. The van der Waals surface area contributed by atoms with Crippen molar-refractivity contribution in [3.8, 4) is 22.9 Å². The maximum atomic E-state index is 13.1. The van der Waals surface area contributed by atoms with Crippen LogP contribution in [0.1, 0.15) is 27.3 Å². The van der Waals surface area contributed by atoms with Crippen LogP contribution < -0.4 is 14.2 Å². The van der Waals surface area contributed by atoms with Crippen molar-refractivity contribution in [1.82, 2.24) is 24.8 Å². The van der Waals surface area contributed by atoms with Crippen LogP contribution >= 0.6 is 11.8 Å². The predicted octanol–water partition coefficient (Wildman–Crippen LogP) is 3.84. The van der Waals surface area contributed by atoms with E-state index in [1.807, 2.05) is 62.4 Å². The first-order chi connectivity index (χ1) is 16.5. The van der Waals surface area contributed by atoms with E-state index in [9.17, 15) is 4.79 Å². The van der Waals surface area contributed by atoms with Gasteiger partial charge in [-0.1, -0.05) is 17.8 Å². The summed E-state index contributed by atoms with van der Waals surface area (Å²) in [5.41, 5.74) is 4.53. The highest BCUT2D eigenvalue weighted by atomic mass is 32.2. The number of ketones is 1. The first-order valence-electron chi connectivity index (χ1n) is 10.7. The van der Waals surface area contributed by atoms with Crippen LogP contribution in [0.5, 0.6) is 17.2 Å². The molecular formula is C24H23N5O4S. The monoisotopic (exact) mass is 477 g/mol. The molecule has 1 aliphatic heterocycles. The molecule has 2 aromatic heterocycles. The number of hydrogen-bond acceptors (Lipinski definition) is 8. The van der Waals surface area contributed by atoms with E-state index in [-0.39, 0.29) is 18.3 Å². The molecule has 0 saturated heterocycles. The Balaban J connectivity index is 1.29. The highest BCUT2D eigenvalue weighted by molar-refractivity contribution is 7.99. The molecule has 34 heavy (non-hydrogen) atoms. The zero-order valence-electron chi connectivity index (χ0n) is 19.0. The summed E-state index contributed by atoms with van der Waals surface area (Å²) in [4.78, 5) is 13.1.